The van der Waals surface area contributed by atoms with Gasteiger partial charge in [0.15, 0.2) is 0 Å². The number of benzene rings is 2. The van der Waals surface area contributed by atoms with Crippen molar-refractivity contribution in [1.82, 2.24) is 10.2 Å². The molecule has 168 valence electrons. The van der Waals surface area contributed by atoms with Crippen LogP contribution < -0.4 is 10.2 Å². The van der Waals surface area contributed by atoms with Crippen LogP contribution in [0.3, 0.4) is 0 Å². The van der Waals surface area contributed by atoms with Gasteiger partial charge >= 0.3 is 0 Å². The third kappa shape index (κ3) is 4.77. The van der Waals surface area contributed by atoms with Crippen LogP contribution in [0.4, 0.5) is 5.69 Å². The fourth-order valence-corrected chi connectivity index (χ4v) is 3.95. The van der Waals surface area contributed by atoms with Gasteiger partial charge in [0.1, 0.15) is 17.9 Å². The number of amidine groups is 1. The van der Waals surface area contributed by atoms with Crippen LogP contribution in [0.1, 0.15) is 24.5 Å². The van der Waals surface area contributed by atoms with Gasteiger partial charge in [0, 0.05) is 18.4 Å². The van der Waals surface area contributed by atoms with Crippen LogP contribution in [0, 0.1) is 6.92 Å². The molecule has 0 bridgehead atoms. The summed E-state index contributed by atoms with van der Waals surface area (Å²) >= 11 is 0. The molecular weight excluding hydrogens is 416 g/mol. The summed E-state index contributed by atoms with van der Waals surface area (Å²) in [5.41, 5.74) is 1.50. The molecule has 3 amide bonds. The standard InChI is InChI=1S/C26H26N4O3/c1-19-11-13-20(14-12-19)17-27-24(32)18-29(21-8-4-3-5-9-21)25(33)26(2)16-23(31)28-22-10-6-7-15-30(22)26/h3-15H,16-18H2,1-2H3,(H,27,32)/t26-/m0/s1. The van der Waals surface area contributed by atoms with E-state index in [1.54, 1.807) is 48.4 Å². The van der Waals surface area contributed by atoms with Crippen molar-refractivity contribution >= 4 is 29.2 Å². The lowest BCUT2D eigenvalue weighted by Gasteiger charge is -2.44. The summed E-state index contributed by atoms with van der Waals surface area (Å²) in [6.07, 6.45) is 6.92. The normalized spacial score (nSPS) is 19.0. The first-order valence-corrected chi connectivity index (χ1v) is 10.8. The summed E-state index contributed by atoms with van der Waals surface area (Å²) in [4.78, 5) is 46.4. The zero-order valence-electron chi connectivity index (χ0n) is 18.7. The van der Waals surface area contributed by atoms with Crippen LogP contribution in [0.25, 0.3) is 0 Å². The van der Waals surface area contributed by atoms with Crippen LogP contribution in [-0.4, -0.2) is 40.5 Å². The maximum Gasteiger partial charge on any atom is 0.254 e. The number of nitrogens with one attached hydrogen (secondary N) is 1. The molecule has 4 rings (SSSR count). The lowest BCUT2D eigenvalue weighted by atomic mass is 9.90. The van der Waals surface area contributed by atoms with E-state index in [0.29, 0.717) is 18.1 Å². The molecular formula is C26H26N4O3. The van der Waals surface area contributed by atoms with Gasteiger partial charge in [-0.3, -0.25) is 14.4 Å². The predicted octanol–water partition coefficient (Wildman–Crippen LogP) is 3.12. The van der Waals surface area contributed by atoms with Gasteiger partial charge in [0.25, 0.3) is 11.8 Å². The molecule has 0 aromatic heterocycles. The third-order valence-corrected chi connectivity index (χ3v) is 5.79. The largest absolute Gasteiger partial charge is 0.350 e. The average molecular weight is 443 g/mol. The minimum Gasteiger partial charge on any atom is -0.350 e. The molecule has 1 N–H and O–H groups in total. The highest BCUT2D eigenvalue weighted by atomic mass is 16.2. The van der Waals surface area contributed by atoms with E-state index in [-0.39, 0.29) is 30.7 Å². The molecule has 7 heteroatoms. The van der Waals surface area contributed by atoms with Crippen LogP contribution in [0.15, 0.2) is 84.0 Å². The first-order valence-electron chi connectivity index (χ1n) is 10.8. The Morgan fingerprint density at radius 2 is 1.82 bits per heavy atom. The molecule has 0 spiro atoms. The topological polar surface area (TPSA) is 82.1 Å². The number of carbonyl (C=O) groups is 3. The van der Waals surface area contributed by atoms with Crippen molar-refractivity contribution in [3.05, 3.63) is 90.2 Å². The summed E-state index contributed by atoms with van der Waals surface area (Å²) in [6.45, 7) is 3.91. The predicted molar refractivity (Wildman–Crippen MR) is 127 cm³/mol. The Balaban J connectivity index is 1.57. The van der Waals surface area contributed by atoms with Gasteiger partial charge in [-0.2, -0.15) is 4.99 Å². The fraction of sp³-hybridized carbons (Fsp3) is 0.231. The number of aliphatic imine (C=N–C) groups is 1. The molecule has 2 aliphatic rings. The maximum absolute atomic E-state index is 13.9. The second kappa shape index (κ2) is 9.24. The molecule has 2 aromatic carbocycles. The van der Waals surface area contributed by atoms with Gasteiger partial charge < -0.3 is 15.1 Å². The molecule has 0 unspecified atom stereocenters. The van der Waals surface area contributed by atoms with Crippen molar-refractivity contribution in [3.63, 3.8) is 0 Å². The smallest absolute Gasteiger partial charge is 0.254 e. The second-order valence-corrected chi connectivity index (χ2v) is 8.37. The molecule has 2 aromatic rings. The highest BCUT2D eigenvalue weighted by molar-refractivity contribution is 6.13. The number of anilines is 1. The van der Waals surface area contributed by atoms with Crippen molar-refractivity contribution in [3.8, 4) is 0 Å². The number of carbonyl (C=O) groups excluding carboxylic acids is 3. The average Bonchev–Trinajstić information content (AvgIpc) is 2.82. The summed E-state index contributed by atoms with van der Waals surface area (Å²) in [7, 11) is 0. The maximum atomic E-state index is 13.9. The van der Waals surface area contributed by atoms with Crippen LogP contribution in [-0.2, 0) is 20.9 Å². The number of hydrogen-bond acceptors (Lipinski definition) is 4. The van der Waals surface area contributed by atoms with Crippen LogP contribution >= 0.6 is 0 Å². The minimum absolute atomic E-state index is 0.0815. The van der Waals surface area contributed by atoms with Crippen molar-refractivity contribution in [2.45, 2.75) is 32.4 Å². The van der Waals surface area contributed by atoms with Gasteiger partial charge in [-0.25, -0.2) is 0 Å². The van der Waals surface area contributed by atoms with Gasteiger partial charge in [-0.05, 0) is 43.7 Å². The van der Waals surface area contributed by atoms with Gasteiger partial charge in [0.05, 0.1) is 6.42 Å². The number of para-hydroxylation sites is 1. The SMILES string of the molecule is Cc1ccc(CNC(=O)CN(C(=O)[C@]2(C)CC(=O)N=C3C=CC=CN32)c2ccccc2)cc1. The second-order valence-electron chi connectivity index (χ2n) is 8.37. The number of aryl methyl sites for hydroxylation is 1. The van der Waals surface area contributed by atoms with E-state index in [1.165, 1.54) is 4.90 Å². The number of amides is 3. The molecule has 0 fully saturated rings. The first-order chi connectivity index (χ1) is 15.9. The number of rotatable bonds is 6. The molecule has 2 heterocycles. The quantitative estimate of drug-likeness (QED) is 0.745. The van der Waals surface area contributed by atoms with Gasteiger partial charge in [-0.1, -0.05) is 54.1 Å². The Bertz CT molecular complexity index is 1150. The number of allylic oxidation sites excluding steroid dienone is 2. The van der Waals surface area contributed by atoms with E-state index in [4.69, 9.17) is 0 Å². The molecule has 0 saturated carbocycles. The van der Waals surface area contributed by atoms with Crippen LogP contribution in [0.2, 0.25) is 0 Å². The van der Waals surface area contributed by atoms with Crippen molar-refractivity contribution in [1.29, 1.82) is 0 Å². The Morgan fingerprint density at radius 1 is 1.09 bits per heavy atom. The van der Waals surface area contributed by atoms with Gasteiger partial charge in [-0.15, -0.1) is 0 Å². The summed E-state index contributed by atoms with van der Waals surface area (Å²) in [5.74, 6) is -0.586. The molecule has 0 saturated heterocycles. The van der Waals surface area contributed by atoms with E-state index in [0.717, 1.165) is 11.1 Å². The molecule has 0 aliphatic carbocycles. The highest BCUT2D eigenvalue weighted by Crippen LogP contribution is 2.31. The van der Waals surface area contributed by atoms with E-state index in [9.17, 15) is 14.4 Å². The highest BCUT2D eigenvalue weighted by Gasteiger charge is 2.47. The van der Waals surface area contributed by atoms with Crippen molar-refractivity contribution in [2.24, 2.45) is 4.99 Å². The summed E-state index contributed by atoms with van der Waals surface area (Å²) in [6, 6.07) is 16.9. The zero-order valence-corrected chi connectivity index (χ0v) is 18.7. The Morgan fingerprint density at radius 3 is 2.55 bits per heavy atom. The summed E-state index contributed by atoms with van der Waals surface area (Å²) in [5, 5.41) is 2.89. The summed E-state index contributed by atoms with van der Waals surface area (Å²) < 4.78 is 0. The fourth-order valence-electron chi connectivity index (χ4n) is 3.95. The monoisotopic (exact) mass is 442 g/mol. The lowest BCUT2D eigenvalue weighted by Crippen LogP contribution is -2.61. The van der Waals surface area contributed by atoms with Crippen molar-refractivity contribution < 1.29 is 14.4 Å². The van der Waals surface area contributed by atoms with Crippen molar-refractivity contribution in [2.75, 3.05) is 11.4 Å². The number of hydrogen-bond donors (Lipinski definition) is 1. The minimum atomic E-state index is -1.21. The Hall–Kier alpha value is -4.00. The number of fused-ring (bicyclic) bond motifs is 1. The third-order valence-electron chi connectivity index (χ3n) is 5.79. The molecule has 7 nitrogen and oxygen atoms in total. The van der Waals surface area contributed by atoms with Gasteiger partial charge in [0.2, 0.25) is 5.91 Å². The Kier molecular flexibility index (Phi) is 6.22. The van der Waals surface area contributed by atoms with E-state index < -0.39 is 5.54 Å². The molecule has 33 heavy (non-hydrogen) atoms. The van der Waals surface area contributed by atoms with E-state index >= 15 is 0 Å². The first kappa shape index (κ1) is 22.2. The number of nitrogens with zero attached hydrogens (tertiary/aromatic N) is 3. The van der Waals surface area contributed by atoms with E-state index in [1.807, 2.05) is 49.4 Å². The van der Waals surface area contributed by atoms with Crippen LogP contribution in [0.5, 0.6) is 0 Å². The molecule has 2 aliphatic heterocycles. The van der Waals surface area contributed by atoms with E-state index in [2.05, 4.69) is 10.3 Å². The Labute approximate surface area is 193 Å². The molecule has 1 atom stereocenters. The lowest BCUT2D eigenvalue weighted by molar-refractivity contribution is -0.133. The molecule has 0 radical (unpaired) electrons. The zero-order chi connectivity index (χ0) is 23.4.